The number of alkyl halides is 6. The van der Waals surface area contributed by atoms with E-state index in [1.165, 1.54) is 0 Å². The Morgan fingerprint density at radius 3 is 2.09 bits per heavy atom. The van der Waals surface area contributed by atoms with Crippen molar-refractivity contribution in [3.63, 3.8) is 0 Å². The summed E-state index contributed by atoms with van der Waals surface area (Å²) in [5.41, 5.74) is -4.24. The van der Waals surface area contributed by atoms with Crippen molar-refractivity contribution >= 4 is 0 Å². The molecule has 182 valence electrons. The van der Waals surface area contributed by atoms with E-state index >= 15 is 0 Å². The zero-order chi connectivity index (χ0) is 24.7. The van der Waals surface area contributed by atoms with Crippen LogP contribution in [-0.4, -0.2) is 67.7 Å². The third kappa shape index (κ3) is 5.16. The zero-order valence-electron chi connectivity index (χ0n) is 16.0. The maximum Gasteiger partial charge on any atom is 0.434 e. The van der Waals surface area contributed by atoms with Crippen LogP contribution in [0.15, 0.2) is 24.5 Å². The molecule has 1 aliphatic heterocycles. The van der Waals surface area contributed by atoms with Crippen LogP contribution in [0.2, 0.25) is 0 Å². The molecule has 8 nitrogen and oxygen atoms in total. The second kappa shape index (κ2) is 8.98. The number of ether oxygens (including phenoxy) is 2. The van der Waals surface area contributed by atoms with Crippen LogP contribution < -0.4 is 4.74 Å². The standard InChI is InChI=1S/C18H15F7N2O6/c19-8-2-6(9-3-27-11(4-26-9)18(23,24)25)1-7(17(20,21)22)15(8)33-16-14(31)13(30)12(29)10(5-28)32-16/h1-4,10,12-14,16,28-31H,5H2/t10?,12-,13+,14?,16-/m1/s1. The molecule has 1 aliphatic rings. The van der Waals surface area contributed by atoms with Gasteiger partial charge in [-0.25, -0.2) is 9.37 Å². The van der Waals surface area contributed by atoms with Crippen molar-refractivity contribution in [3.8, 4) is 17.0 Å². The molecule has 0 bridgehead atoms. The summed E-state index contributed by atoms with van der Waals surface area (Å²) in [6, 6.07) is 0.811. The lowest BCUT2D eigenvalue weighted by atomic mass is 9.99. The van der Waals surface area contributed by atoms with Crippen molar-refractivity contribution in [3.05, 3.63) is 41.6 Å². The Kier molecular flexibility index (Phi) is 6.82. The maximum absolute atomic E-state index is 14.7. The highest BCUT2D eigenvalue weighted by molar-refractivity contribution is 5.62. The van der Waals surface area contributed by atoms with E-state index in [1.807, 2.05) is 0 Å². The second-order valence-electron chi connectivity index (χ2n) is 6.93. The van der Waals surface area contributed by atoms with E-state index in [0.29, 0.717) is 18.3 Å². The number of benzene rings is 1. The highest BCUT2D eigenvalue weighted by atomic mass is 19.4. The van der Waals surface area contributed by atoms with Gasteiger partial charge in [0, 0.05) is 5.56 Å². The summed E-state index contributed by atoms with van der Waals surface area (Å²) in [7, 11) is 0. The number of halogens is 7. The summed E-state index contributed by atoms with van der Waals surface area (Å²) in [6.45, 7) is -0.912. The highest BCUT2D eigenvalue weighted by Gasteiger charge is 2.46. The smallest absolute Gasteiger partial charge is 0.434 e. The van der Waals surface area contributed by atoms with Gasteiger partial charge in [-0.05, 0) is 12.1 Å². The van der Waals surface area contributed by atoms with Crippen molar-refractivity contribution in [2.45, 2.75) is 43.1 Å². The molecule has 1 fully saturated rings. The Morgan fingerprint density at radius 2 is 1.58 bits per heavy atom. The van der Waals surface area contributed by atoms with Gasteiger partial charge in [-0.3, -0.25) is 4.98 Å². The first-order valence-electron chi connectivity index (χ1n) is 9.01. The third-order valence-electron chi connectivity index (χ3n) is 4.67. The first kappa shape index (κ1) is 25.0. The Labute approximate surface area is 179 Å². The first-order valence-corrected chi connectivity index (χ1v) is 9.01. The van der Waals surface area contributed by atoms with E-state index in [0.717, 1.165) is 0 Å². The van der Waals surface area contributed by atoms with E-state index in [1.54, 1.807) is 0 Å². The minimum atomic E-state index is -5.25. The van der Waals surface area contributed by atoms with Crippen LogP contribution in [0, 0.1) is 5.82 Å². The number of nitrogens with zero attached hydrogens (tertiary/aromatic N) is 2. The molecule has 3 rings (SSSR count). The molecule has 15 heteroatoms. The van der Waals surface area contributed by atoms with Crippen LogP contribution in [0.5, 0.6) is 5.75 Å². The van der Waals surface area contributed by atoms with Gasteiger partial charge in [-0.1, -0.05) is 0 Å². The molecule has 0 radical (unpaired) electrons. The number of aliphatic hydroxyl groups excluding tert-OH is 4. The number of rotatable bonds is 4. The Morgan fingerprint density at radius 1 is 0.909 bits per heavy atom. The SMILES string of the molecule is OCC1O[C@H](Oc2c(F)cc(-c3cnc(C(F)(F)F)cn3)cc2C(F)(F)F)C(O)[C@@H](O)[C@@H]1O. The molecule has 33 heavy (non-hydrogen) atoms. The van der Waals surface area contributed by atoms with Crippen molar-refractivity contribution in [1.29, 1.82) is 0 Å². The van der Waals surface area contributed by atoms with Crippen LogP contribution in [-0.2, 0) is 17.1 Å². The monoisotopic (exact) mass is 488 g/mol. The average molecular weight is 488 g/mol. The quantitative estimate of drug-likeness (QED) is 0.478. The topological polar surface area (TPSA) is 125 Å². The van der Waals surface area contributed by atoms with Gasteiger partial charge in [-0.2, -0.15) is 26.3 Å². The van der Waals surface area contributed by atoms with Crippen molar-refractivity contribution in [2.75, 3.05) is 6.61 Å². The predicted octanol–water partition coefficient (Wildman–Crippen LogP) is 1.50. The van der Waals surface area contributed by atoms with E-state index in [-0.39, 0.29) is 6.20 Å². The minimum Gasteiger partial charge on any atom is -0.458 e. The molecule has 0 aliphatic carbocycles. The number of aromatic nitrogens is 2. The van der Waals surface area contributed by atoms with Gasteiger partial charge in [-0.15, -0.1) is 0 Å². The molecule has 1 aromatic heterocycles. The minimum absolute atomic E-state index is 0.263. The molecule has 2 heterocycles. The molecule has 2 aromatic rings. The summed E-state index contributed by atoms with van der Waals surface area (Å²) in [5.74, 6) is -3.12. The number of hydrogen-bond acceptors (Lipinski definition) is 8. The Balaban J connectivity index is 2.00. The van der Waals surface area contributed by atoms with E-state index in [2.05, 4.69) is 9.97 Å². The van der Waals surface area contributed by atoms with Gasteiger partial charge in [0.25, 0.3) is 0 Å². The Bertz CT molecular complexity index is 984. The van der Waals surface area contributed by atoms with Gasteiger partial charge >= 0.3 is 12.4 Å². The lowest BCUT2D eigenvalue weighted by molar-refractivity contribution is -0.278. The Hall–Kier alpha value is -2.59. The summed E-state index contributed by atoms with van der Waals surface area (Å²) >= 11 is 0. The van der Waals surface area contributed by atoms with Crippen LogP contribution in [0.4, 0.5) is 30.7 Å². The maximum atomic E-state index is 14.7. The molecule has 1 saturated heterocycles. The lowest BCUT2D eigenvalue weighted by Gasteiger charge is -2.39. The number of aliphatic hydroxyl groups is 4. The molecule has 0 spiro atoms. The van der Waals surface area contributed by atoms with Crippen LogP contribution in [0.3, 0.4) is 0 Å². The normalized spacial score (nSPS) is 26.3. The van der Waals surface area contributed by atoms with E-state index in [9.17, 15) is 46.1 Å². The predicted molar refractivity (Wildman–Crippen MR) is 91.8 cm³/mol. The van der Waals surface area contributed by atoms with Crippen LogP contribution in [0.1, 0.15) is 11.3 Å². The van der Waals surface area contributed by atoms with Gasteiger partial charge in [0.1, 0.15) is 30.0 Å². The summed E-state index contributed by atoms with van der Waals surface area (Å²) in [6.07, 6.45) is -18.9. The molecular weight excluding hydrogens is 473 g/mol. The number of hydrogen-bond donors (Lipinski definition) is 4. The first-order chi connectivity index (χ1) is 15.2. The van der Waals surface area contributed by atoms with Crippen molar-refractivity contribution < 1.29 is 60.6 Å². The molecule has 5 atom stereocenters. The van der Waals surface area contributed by atoms with Gasteiger partial charge < -0.3 is 29.9 Å². The van der Waals surface area contributed by atoms with Gasteiger partial charge in [0.2, 0.25) is 6.29 Å². The largest absolute Gasteiger partial charge is 0.458 e. The fourth-order valence-electron chi connectivity index (χ4n) is 2.98. The molecule has 0 saturated carbocycles. The molecule has 0 amide bonds. The summed E-state index contributed by atoms with van der Waals surface area (Å²) in [5, 5.41) is 38.5. The second-order valence-corrected chi connectivity index (χ2v) is 6.93. The fourth-order valence-corrected chi connectivity index (χ4v) is 2.98. The van der Waals surface area contributed by atoms with Crippen LogP contribution >= 0.6 is 0 Å². The van der Waals surface area contributed by atoms with E-state index < -0.39 is 83.7 Å². The summed E-state index contributed by atoms with van der Waals surface area (Å²) < 4.78 is 103. The summed E-state index contributed by atoms with van der Waals surface area (Å²) in [4.78, 5) is 6.42. The molecule has 1 aromatic carbocycles. The van der Waals surface area contributed by atoms with Crippen LogP contribution in [0.25, 0.3) is 11.3 Å². The fraction of sp³-hybridized carbons (Fsp3) is 0.444. The van der Waals surface area contributed by atoms with Crippen molar-refractivity contribution in [1.82, 2.24) is 9.97 Å². The van der Waals surface area contributed by atoms with Gasteiger partial charge in [0.05, 0.1) is 24.7 Å². The average Bonchev–Trinajstić information content (AvgIpc) is 2.73. The molecule has 2 unspecified atom stereocenters. The highest BCUT2D eigenvalue weighted by Crippen LogP contribution is 2.41. The zero-order valence-corrected chi connectivity index (χ0v) is 16.0. The third-order valence-corrected chi connectivity index (χ3v) is 4.67. The lowest BCUT2D eigenvalue weighted by Crippen LogP contribution is -2.60. The van der Waals surface area contributed by atoms with Crippen molar-refractivity contribution in [2.24, 2.45) is 0 Å². The van der Waals surface area contributed by atoms with Gasteiger partial charge in [0.15, 0.2) is 17.3 Å². The van der Waals surface area contributed by atoms with E-state index in [4.69, 9.17) is 14.6 Å². The molecule has 4 N–H and O–H groups in total. The molecular formula is C18H15F7N2O6.